The van der Waals surface area contributed by atoms with Crippen LogP contribution in [0, 0.1) is 5.82 Å². The number of piperazine rings is 1. The Hall–Kier alpha value is -3.59. The quantitative estimate of drug-likeness (QED) is 0.631. The van der Waals surface area contributed by atoms with E-state index in [1.54, 1.807) is 26.6 Å². The van der Waals surface area contributed by atoms with Crippen LogP contribution in [0.3, 0.4) is 0 Å². The molecular weight excluding hydrogens is 413 g/mol. The monoisotopic (exact) mass is 435 g/mol. The standard InChI is InChI=1S/C23H22FN5O3/c24-18-9-5-4-8-17(18)22(30)27-10-12-28(13-11-27)23(31)21-19-15-32-20(14-29(19)26-25-21)16-6-2-1-3-7-16/h1-9,20H,10-15H2/t20-/m0/s1. The van der Waals surface area contributed by atoms with Crippen LogP contribution in [0.4, 0.5) is 4.39 Å². The zero-order chi connectivity index (χ0) is 22.1. The maximum Gasteiger partial charge on any atom is 0.276 e. The van der Waals surface area contributed by atoms with Crippen molar-refractivity contribution in [2.75, 3.05) is 26.2 Å². The molecule has 1 fully saturated rings. The predicted octanol–water partition coefficient (Wildman–Crippen LogP) is 2.29. The summed E-state index contributed by atoms with van der Waals surface area (Å²) in [6.07, 6.45) is -0.138. The van der Waals surface area contributed by atoms with Crippen molar-refractivity contribution in [2.24, 2.45) is 0 Å². The molecule has 0 spiro atoms. The van der Waals surface area contributed by atoms with Crippen LogP contribution in [-0.2, 0) is 17.9 Å². The number of benzene rings is 2. The van der Waals surface area contributed by atoms with Crippen LogP contribution < -0.4 is 0 Å². The van der Waals surface area contributed by atoms with Crippen LogP contribution in [0.2, 0.25) is 0 Å². The van der Waals surface area contributed by atoms with Gasteiger partial charge in [-0.05, 0) is 17.7 Å². The molecule has 3 aromatic rings. The zero-order valence-electron chi connectivity index (χ0n) is 17.4. The molecule has 3 heterocycles. The first-order valence-electron chi connectivity index (χ1n) is 10.5. The number of carbonyl (C=O) groups excluding carboxylic acids is 2. The molecule has 2 aromatic carbocycles. The van der Waals surface area contributed by atoms with Crippen molar-refractivity contribution in [1.82, 2.24) is 24.8 Å². The lowest BCUT2D eigenvalue weighted by atomic mass is 10.1. The highest BCUT2D eigenvalue weighted by Gasteiger charge is 2.32. The highest BCUT2D eigenvalue weighted by atomic mass is 19.1. The first-order valence-corrected chi connectivity index (χ1v) is 10.5. The van der Waals surface area contributed by atoms with Gasteiger partial charge >= 0.3 is 0 Å². The first-order chi connectivity index (χ1) is 15.6. The molecule has 1 aromatic heterocycles. The average molecular weight is 435 g/mol. The maximum atomic E-state index is 13.9. The second-order valence-electron chi connectivity index (χ2n) is 7.84. The fourth-order valence-electron chi connectivity index (χ4n) is 4.11. The van der Waals surface area contributed by atoms with Gasteiger partial charge in [0.1, 0.15) is 11.9 Å². The van der Waals surface area contributed by atoms with Crippen LogP contribution in [0.15, 0.2) is 54.6 Å². The Labute approximate surface area is 184 Å². The van der Waals surface area contributed by atoms with Crippen molar-refractivity contribution >= 4 is 11.8 Å². The van der Waals surface area contributed by atoms with Crippen LogP contribution in [0.1, 0.15) is 38.2 Å². The van der Waals surface area contributed by atoms with E-state index >= 15 is 0 Å². The largest absolute Gasteiger partial charge is 0.365 e. The molecule has 9 heteroatoms. The third kappa shape index (κ3) is 3.75. The van der Waals surface area contributed by atoms with Gasteiger partial charge in [-0.25, -0.2) is 9.07 Å². The van der Waals surface area contributed by atoms with E-state index in [9.17, 15) is 14.0 Å². The molecule has 5 rings (SSSR count). The second-order valence-corrected chi connectivity index (χ2v) is 7.84. The van der Waals surface area contributed by atoms with Gasteiger partial charge in [-0.3, -0.25) is 9.59 Å². The van der Waals surface area contributed by atoms with E-state index in [0.29, 0.717) is 38.4 Å². The third-order valence-corrected chi connectivity index (χ3v) is 5.93. The number of hydrogen-bond donors (Lipinski definition) is 0. The highest BCUT2D eigenvalue weighted by Crippen LogP contribution is 2.27. The fraction of sp³-hybridized carbons (Fsp3) is 0.304. The van der Waals surface area contributed by atoms with Gasteiger partial charge in [0, 0.05) is 26.2 Å². The van der Waals surface area contributed by atoms with Crippen molar-refractivity contribution in [1.29, 1.82) is 0 Å². The topological polar surface area (TPSA) is 80.6 Å². The molecule has 0 unspecified atom stereocenters. The smallest absolute Gasteiger partial charge is 0.276 e. The minimum absolute atomic E-state index is 0.0461. The molecule has 0 bridgehead atoms. The minimum atomic E-state index is -0.541. The van der Waals surface area contributed by atoms with Crippen LogP contribution in [0.25, 0.3) is 0 Å². The summed E-state index contributed by atoms with van der Waals surface area (Å²) in [6.45, 7) is 2.09. The summed E-state index contributed by atoms with van der Waals surface area (Å²) >= 11 is 0. The lowest BCUT2D eigenvalue weighted by Crippen LogP contribution is -2.51. The van der Waals surface area contributed by atoms with Crippen LogP contribution in [-0.4, -0.2) is 62.8 Å². The van der Waals surface area contributed by atoms with Gasteiger partial charge < -0.3 is 14.5 Å². The van der Waals surface area contributed by atoms with E-state index in [0.717, 1.165) is 5.56 Å². The fourth-order valence-corrected chi connectivity index (χ4v) is 4.11. The molecule has 0 N–H and O–H groups in total. The number of hydrogen-bond acceptors (Lipinski definition) is 5. The van der Waals surface area contributed by atoms with Crippen molar-refractivity contribution in [3.05, 3.63) is 82.9 Å². The summed E-state index contributed by atoms with van der Waals surface area (Å²) < 4.78 is 21.6. The summed E-state index contributed by atoms with van der Waals surface area (Å²) in [7, 11) is 0. The molecule has 32 heavy (non-hydrogen) atoms. The van der Waals surface area contributed by atoms with Gasteiger partial charge in [0.15, 0.2) is 5.69 Å². The SMILES string of the molecule is O=C(c1ccccc1F)N1CCN(C(=O)c2nnn3c2CO[C@H](c2ccccc2)C3)CC1. The summed E-state index contributed by atoms with van der Waals surface area (Å²) in [5.41, 5.74) is 2.04. The predicted molar refractivity (Wildman–Crippen MR) is 112 cm³/mol. The van der Waals surface area contributed by atoms with Crippen molar-refractivity contribution in [3.63, 3.8) is 0 Å². The zero-order valence-corrected chi connectivity index (χ0v) is 17.4. The van der Waals surface area contributed by atoms with Gasteiger partial charge in [-0.2, -0.15) is 0 Å². The van der Waals surface area contributed by atoms with Gasteiger partial charge in [-0.1, -0.05) is 47.7 Å². The highest BCUT2D eigenvalue weighted by molar-refractivity contribution is 5.95. The van der Waals surface area contributed by atoms with E-state index in [-0.39, 0.29) is 35.8 Å². The third-order valence-electron chi connectivity index (χ3n) is 5.93. The van der Waals surface area contributed by atoms with Gasteiger partial charge in [0.25, 0.3) is 11.8 Å². The Morgan fingerprint density at radius 2 is 1.56 bits per heavy atom. The lowest BCUT2D eigenvalue weighted by Gasteiger charge is -2.34. The van der Waals surface area contributed by atoms with Gasteiger partial charge in [0.2, 0.25) is 0 Å². The average Bonchev–Trinajstić information content (AvgIpc) is 3.27. The van der Waals surface area contributed by atoms with E-state index in [1.807, 2.05) is 30.3 Å². The number of nitrogens with zero attached hydrogens (tertiary/aromatic N) is 5. The number of amides is 2. The summed E-state index contributed by atoms with van der Waals surface area (Å²) in [5, 5.41) is 8.30. The molecule has 1 atom stereocenters. The minimum Gasteiger partial charge on any atom is -0.365 e. The van der Waals surface area contributed by atoms with Crippen molar-refractivity contribution in [2.45, 2.75) is 19.3 Å². The molecule has 0 aliphatic carbocycles. The molecule has 2 aliphatic rings. The van der Waals surface area contributed by atoms with E-state index in [2.05, 4.69) is 10.3 Å². The van der Waals surface area contributed by atoms with Crippen molar-refractivity contribution < 1.29 is 18.7 Å². The molecule has 0 radical (unpaired) electrons. The molecule has 2 aliphatic heterocycles. The van der Waals surface area contributed by atoms with Gasteiger partial charge in [0.05, 0.1) is 24.4 Å². The first kappa shape index (κ1) is 20.3. The summed E-state index contributed by atoms with van der Waals surface area (Å²) in [4.78, 5) is 28.9. The number of carbonyl (C=O) groups is 2. The van der Waals surface area contributed by atoms with Crippen molar-refractivity contribution in [3.8, 4) is 0 Å². The summed E-state index contributed by atoms with van der Waals surface area (Å²) in [6, 6.07) is 15.8. The molecule has 1 saturated heterocycles. The normalized spacial score (nSPS) is 18.3. The van der Waals surface area contributed by atoms with Crippen LogP contribution >= 0.6 is 0 Å². The number of rotatable bonds is 3. The Balaban J connectivity index is 1.24. The molecular formula is C23H22FN5O3. The Morgan fingerprint density at radius 3 is 2.28 bits per heavy atom. The summed E-state index contributed by atoms with van der Waals surface area (Å²) in [5.74, 6) is -1.14. The molecule has 8 nitrogen and oxygen atoms in total. The van der Waals surface area contributed by atoms with Crippen LogP contribution in [0.5, 0.6) is 0 Å². The number of ether oxygens (including phenoxy) is 1. The Kier molecular flexibility index (Phi) is 5.40. The molecule has 2 amide bonds. The van der Waals surface area contributed by atoms with E-state index in [4.69, 9.17) is 4.74 Å². The second kappa shape index (κ2) is 8.51. The lowest BCUT2D eigenvalue weighted by molar-refractivity contribution is -0.00202. The molecule has 0 saturated carbocycles. The number of aromatic nitrogens is 3. The van der Waals surface area contributed by atoms with E-state index < -0.39 is 5.82 Å². The Morgan fingerprint density at radius 1 is 0.906 bits per heavy atom. The Bertz CT molecular complexity index is 1140. The number of halogens is 1. The van der Waals surface area contributed by atoms with Gasteiger partial charge in [-0.15, -0.1) is 5.10 Å². The maximum absolute atomic E-state index is 13.9. The number of fused-ring (bicyclic) bond motifs is 1. The molecule has 164 valence electrons. The van der Waals surface area contributed by atoms with E-state index in [1.165, 1.54) is 12.1 Å².